The summed E-state index contributed by atoms with van der Waals surface area (Å²) in [5.74, 6) is 0.117. The summed E-state index contributed by atoms with van der Waals surface area (Å²) in [6.45, 7) is 4.68. The second kappa shape index (κ2) is 9.11. The molecule has 1 aromatic rings. The smallest absolute Gasteiger partial charge is 0.260 e. The maximum Gasteiger partial charge on any atom is 0.260 e. The molecule has 2 N–H and O–H groups in total. The summed E-state index contributed by atoms with van der Waals surface area (Å²) in [5, 5.41) is 16.3. The van der Waals surface area contributed by atoms with Crippen LogP contribution in [-0.4, -0.2) is 53.4 Å². The molecule has 0 aromatic heterocycles. The second-order valence-electron chi connectivity index (χ2n) is 11.3. The number of carbonyl (C=O) groups excluding carboxylic acids is 3. The lowest BCUT2D eigenvalue weighted by Gasteiger charge is -2.31. The molecule has 4 fully saturated rings. The zero-order valence-corrected chi connectivity index (χ0v) is 21.9. The van der Waals surface area contributed by atoms with Gasteiger partial charge in [-0.1, -0.05) is 37.0 Å². The number of halogens is 2. The largest absolute Gasteiger partial charge is 0.482 e. The highest BCUT2D eigenvalue weighted by molar-refractivity contribution is 6.35. The highest BCUT2D eigenvalue weighted by Gasteiger charge is 2.67. The maximum absolute atomic E-state index is 13.1. The Morgan fingerprint density at radius 1 is 1.33 bits per heavy atom. The number of hydrogen-bond donors (Lipinski definition) is 2. The van der Waals surface area contributed by atoms with Crippen LogP contribution in [0.1, 0.15) is 46.0 Å². The standard InChI is InChI=1S/C26H30Cl2N4O4/c1-25(2)17-12-32(22(34)13-36-20-4-3-15(27)8-18(20)28)19(23(17)25)9-21(33)30-16(11-29)7-14-10-26(5-6-26)31-24(14)35/h3-4,8,14,16-17,19,23H,5-7,9-10,12-13H2,1-2H3,(H,30,33)(H,31,35)/t14-,16+,17+,19-,23+/m1/s1. The van der Waals surface area contributed by atoms with Crippen LogP contribution in [0.2, 0.25) is 10.0 Å². The Morgan fingerprint density at radius 3 is 2.72 bits per heavy atom. The molecule has 3 amide bonds. The minimum Gasteiger partial charge on any atom is -0.482 e. The van der Waals surface area contributed by atoms with Crippen molar-refractivity contribution in [3.05, 3.63) is 28.2 Å². The van der Waals surface area contributed by atoms with Gasteiger partial charge in [-0.15, -0.1) is 0 Å². The Labute approximate surface area is 220 Å². The van der Waals surface area contributed by atoms with Gasteiger partial charge in [0.2, 0.25) is 11.8 Å². The van der Waals surface area contributed by atoms with E-state index in [0.29, 0.717) is 34.7 Å². The van der Waals surface area contributed by atoms with Crippen LogP contribution in [0.5, 0.6) is 5.75 Å². The van der Waals surface area contributed by atoms with Gasteiger partial charge in [-0.25, -0.2) is 0 Å². The SMILES string of the molecule is CC1(C)[C@@H]2[C@@H](CC(=O)N[C@H](C#N)C[C@@H]3CC4(CC4)NC3=O)N(C(=O)COc3ccc(Cl)cc3Cl)C[C@@H]21. The Balaban J connectivity index is 1.19. The third kappa shape index (κ3) is 4.76. The highest BCUT2D eigenvalue weighted by Crippen LogP contribution is 2.65. The monoisotopic (exact) mass is 532 g/mol. The number of nitrogens with one attached hydrogen (secondary N) is 2. The second-order valence-corrected chi connectivity index (χ2v) is 12.1. The molecule has 192 valence electrons. The average Bonchev–Trinajstić information content (AvgIpc) is 3.55. The molecule has 1 spiro atoms. The fourth-order valence-electron chi connectivity index (χ4n) is 6.30. The van der Waals surface area contributed by atoms with Crippen molar-refractivity contribution in [3.8, 4) is 11.8 Å². The Hall–Kier alpha value is -2.50. The fourth-order valence-corrected chi connectivity index (χ4v) is 6.76. The third-order valence-electron chi connectivity index (χ3n) is 8.57. The van der Waals surface area contributed by atoms with E-state index in [4.69, 9.17) is 27.9 Å². The lowest BCUT2D eigenvalue weighted by Crippen LogP contribution is -2.46. The minimum atomic E-state index is -0.744. The predicted molar refractivity (Wildman–Crippen MR) is 133 cm³/mol. The molecule has 2 saturated heterocycles. The van der Waals surface area contributed by atoms with E-state index in [-0.39, 0.29) is 59.6 Å². The minimum absolute atomic E-state index is 0.0297. The molecule has 1 aromatic carbocycles. The predicted octanol–water partition coefficient (Wildman–Crippen LogP) is 3.31. The molecular weight excluding hydrogens is 503 g/mol. The van der Waals surface area contributed by atoms with Crippen molar-refractivity contribution < 1.29 is 19.1 Å². The van der Waals surface area contributed by atoms with E-state index in [9.17, 15) is 19.6 Å². The van der Waals surface area contributed by atoms with Crippen LogP contribution in [0.25, 0.3) is 0 Å². The van der Waals surface area contributed by atoms with Crippen molar-refractivity contribution in [2.75, 3.05) is 13.2 Å². The molecule has 0 unspecified atom stereocenters. The number of likely N-dealkylation sites (tertiary alicyclic amines) is 1. The quantitative estimate of drug-likeness (QED) is 0.533. The highest BCUT2D eigenvalue weighted by atomic mass is 35.5. The van der Waals surface area contributed by atoms with Gasteiger partial charge >= 0.3 is 0 Å². The molecule has 10 heteroatoms. The number of rotatable bonds is 8. The summed E-state index contributed by atoms with van der Waals surface area (Å²) in [6.07, 6.45) is 3.10. The number of nitrogens with zero attached hydrogens (tertiary/aromatic N) is 2. The summed E-state index contributed by atoms with van der Waals surface area (Å²) in [7, 11) is 0. The van der Waals surface area contributed by atoms with Gasteiger partial charge < -0.3 is 20.3 Å². The van der Waals surface area contributed by atoms with Gasteiger partial charge in [0.05, 0.1) is 11.1 Å². The molecule has 2 heterocycles. The molecule has 2 aliphatic heterocycles. The molecule has 5 atom stereocenters. The van der Waals surface area contributed by atoms with Crippen LogP contribution in [0.3, 0.4) is 0 Å². The molecule has 2 aliphatic carbocycles. The van der Waals surface area contributed by atoms with Crippen LogP contribution in [-0.2, 0) is 14.4 Å². The normalized spacial score (nSPS) is 29.2. The third-order valence-corrected chi connectivity index (χ3v) is 9.10. The first kappa shape index (κ1) is 25.2. The summed E-state index contributed by atoms with van der Waals surface area (Å²) >= 11 is 12.1. The molecule has 2 saturated carbocycles. The van der Waals surface area contributed by atoms with E-state index in [1.54, 1.807) is 23.1 Å². The number of nitriles is 1. The van der Waals surface area contributed by atoms with Crippen molar-refractivity contribution in [2.24, 2.45) is 23.2 Å². The lowest BCUT2D eigenvalue weighted by atomic mass is 9.95. The number of fused-ring (bicyclic) bond motifs is 1. The van der Waals surface area contributed by atoms with E-state index < -0.39 is 6.04 Å². The van der Waals surface area contributed by atoms with Crippen LogP contribution in [0.15, 0.2) is 18.2 Å². The Morgan fingerprint density at radius 2 is 2.08 bits per heavy atom. The van der Waals surface area contributed by atoms with Crippen LogP contribution >= 0.6 is 23.2 Å². The first-order valence-electron chi connectivity index (χ1n) is 12.4. The topological polar surface area (TPSA) is 112 Å². The van der Waals surface area contributed by atoms with Crippen molar-refractivity contribution >= 4 is 40.9 Å². The zero-order valence-electron chi connectivity index (χ0n) is 20.4. The summed E-state index contributed by atoms with van der Waals surface area (Å²) in [4.78, 5) is 40.1. The van der Waals surface area contributed by atoms with Gasteiger partial charge in [0.25, 0.3) is 5.91 Å². The summed E-state index contributed by atoms with van der Waals surface area (Å²) in [5.41, 5.74) is -0.0153. The summed E-state index contributed by atoms with van der Waals surface area (Å²) in [6, 6.07) is 5.93. The number of ether oxygens (including phenoxy) is 1. The molecule has 5 rings (SSSR count). The first-order chi connectivity index (χ1) is 17.0. The Kier molecular flexibility index (Phi) is 6.37. The van der Waals surface area contributed by atoms with Gasteiger partial charge in [0.1, 0.15) is 11.8 Å². The molecule has 8 nitrogen and oxygen atoms in total. The molecule has 4 aliphatic rings. The van der Waals surface area contributed by atoms with Gasteiger partial charge in [0, 0.05) is 35.5 Å². The molecular formula is C26H30Cl2N4O4. The van der Waals surface area contributed by atoms with Gasteiger partial charge in [0.15, 0.2) is 6.61 Å². The summed E-state index contributed by atoms with van der Waals surface area (Å²) < 4.78 is 5.65. The van der Waals surface area contributed by atoms with Crippen LogP contribution in [0, 0.1) is 34.5 Å². The van der Waals surface area contributed by atoms with Crippen LogP contribution in [0.4, 0.5) is 0 Å². The van der Waals surface area contributed by atoms with Gasteiger partial charge in [-0.05, 0) is 61.1 Å². The zero-order chi connectivity index (χ0) is 25.8. The van der Waals surface area contributed by atoms with Crippen LogP contribution < -0.4 is 15.4 Å². The van der Waals surface area contributed by atoms with Crippen molar-refractivity contribution in [1.29, 1.82) is 5.26 Å². The van der Waals surface area contributed by atoms with E-state index in [2.05, 4.69) is 30.6 Å². The van der Waals surface area contributed by atoms with E-state index in [0.717, 1.165) is 19.3 Å². The van der Waals surface area contributed by atoms with E-state index >= 15 is 0 Å². The molecule has 36 heavy (non-hydrogen) atoms. The van der Waals surface area contributed by atoms with Crippen molar-refractivity contribution in [3.63, 3.8) is 0 Å². The first-order valence-corrected chi connectivity index (χ1v) is 13.2. The number of hydrogen-bond acceptors (Lipinski definition) is 5. The lowest BCUT2D eigenvalue weighted by molar-refractivity contribution is -0.136. The molecule has 0 radical (unpaired) electrons. The number of amides is 3. The maximum atomic E-state index is 13.1. The number of carbonyl (C=O) groups is 3. The van der Waals surface area contributed by atoms with Gasteiger partial charge in [-0.3, -0.25) is 14.4 Å². The van der Waals surface area contributed by atoms with Crippen molar-refractivity contribution in [1.82, 2.24) is 15.5 Å². The van der Waals surface area contributed by atoms with Gasteiger partial charge in [-0.2, -0.15) is 5.26 Å². The number of benzene rings is 1. The Bertz CT molecular complexity index is 1150. The fraction of sp³-hybridized carbons (Fsp3) is 0.615. The average molecular weight is 533 g/mol. The van der Waals surface area contributed by atoms with E-state index in [1.807, 2.05) is 0 Å². The van der Waals surface area contributed by atoms with Crippen molar-refractivity contribution in [2.45, 2.75) is 63.6 Å². The molecule has 0 bridgehead atoms. The van der Waals surface area contributed by atoms with E-state index in [1.165, 1.54) is 0 Å². The number of piperidine rings is 1.